The van der Waals surface area contributed by atoms with Crippen LogP contribution in [0, 0.1) is 23.2 Å². The van der Waals surface area contributed by atoms with Gasteiger partial charge < -0.3 is 25.8 Å². The molecule has 47 heavy (non-hydrogen) atoms. The summed E-state index contributed by atoms with van der Waals surface area (Å²) >= 11 is 0. The summed E-state index contributed by atoms with van der Waals surface area (Å²) < 4.78 is 7.95. The van der Waals surface area contributed by atoms with E-state index in [1.807, 2.05) is 76.2 Å². The molecule has 0 saturated carbocycles. The highest BCUT2D eigenvalue weighted by Crippen LogP contribution is 2.38. The van der Waals surface area contributed by atoms with Crippen molar-refractivity contribution in [3.05, 3.63) is 101 Å². The number of amidine groups is 1. The average Bonchev–Trinajstić information content (AvgIpc) is 3.03. The zero-order valence-electron chi connectivity index (χ0n) is 27.6. The zero-order chi connectivity index (χ0) is 33.7. The van der Waals surface area contributed by atoms with Gasteiger partial charge in [-0.2, -0.15) is 0 Å². The number of nitrogens with one attached hydrogen (secondary N) is 4. The van der Waals surface area contributed by atoms with E-state index in [-0.39, 0.29) is 35.0 Å². The van der Waals surface area contributed by atoms with Crippen LogP contribution >= 0.6 is 0 Å². The number of aliphatic hydroxyl groups is 1. The standard InChI is InChI=1S/C36H46N8O3/c1-23-11-13-24(14-12-23)40-33(20-31(37)36(2,3)4)42-35(46)41-29-16-17-30(28-10-6-5-9-27(28)29)47-26-15-18-32(38)44(22-26)34(39)43-19-7-8-25(45)21-43/h5-6,9-15,18,20,22,25,29-30,38-39,45H,7-8,16-17,19,21,37H2,1-4H3,(H2,40,41,42,46)/b31-20-,38-32?,39-34?/t25-,29+,30-/m1/s1. The third kappa shape index (κ3) is 8.48. The van der Waals surface area contributed by atoms with Crippen molar-refractivity contribution < 1.29 is 14.6 Å². The van der Waals surface area contributed by atoms with Gasteiger partial charge in [0.1, 0.15) is 23.2 Å². The molecule has 3 aromatic rings. The molecule has 0 bridgehead atoms. The summed E-state index contributed by atoms with van der Waals surface area (Å²) in [4.78, 5) is 19.9. The molecule has 0 unspecified atom stereocenters. The van der Waals surface area contributed by atoms with Crippen molar-refractivity contribution in [1.82, 2.24) is 20.1 Å². The molecule has 1 aromatic heterocycles. The van der Waals surface area contributed by atoms with Crippen molar-refractivity contribution in [3.63, 3.8) is 0 Å². The average molecular weight is 639 g/mol. The number of aryl methyl sites for hydroxylation is 1. The van der Waals surface area contributed by atoms with Crippen LogP contribution in [-0.2, 0) is 0 Å². The number of urea groups is 1. The van der Waals surface area contributed by atoms with Gasteiger partial charge in [-0.15, -0.1) is 0 Å². The number of hydrogen-bond donors (Lipinski definition) is 6. The first-order chi connectivity index (χ1) is 22.4. The predicted molar refractivity (Wildman–Crippen MR) is 184 cm³/mol. The van der Waals surface area contributed by atoms with Crippen molar-refractivity contribution in [3.8, 4) is 5.75 Å². The molecule has 0 spiro atoms. The number of aliphatic imine (C=N–C) groups is 1. The van der Waals surface area contributed by atoms with Crippen molar-refractivity contribution in [2.45, 2.75) is 71.6 Å². The number of amides is 2. The SMILES string of the molecule is Cc1ccc(N=C(/C=C(\N)C(C)(C)C)NC(=O)N[C@H]2CC[C@@H](Oc3ccc(=N)n(C(=N)N4CCC[C@@H](O)C4)c3)c3ccccc32)cc1. The van der Waals surface area contributed by atoms with Gasteiger partial charge in [0.2, 0.25) is 5.96 Å². The Hall–Kier alpha value is -4.90. The summed E-state index contributed by atoms with van der Waals surface area (Å²) in [5.41, 5.74) is 10.6. The number of fused-ring (bicyclic) bond motifs is 1. The topological polar surface area (TPSA) is 165 Å². The van der Waals surface area contributed by atoms with E-state index >= 15 is 0 Å². The van der Waals surface area contributed by atoms with Crippen molar-refractivity contribution >= 4 is 23.5 Å². The molecule has 11 nitrogen and oxygen atoms in total. The molecule has 7 N–H and O–H groups in total. The van der Waals surface area contributed by atoms with Gasteiger partial charge >= 0.3 is 6.03 Å². The molecule has 3 atom stereocenters. The maximum Gasteiger partial charge on any atom is 0.320 e. The van der Waals surface area contributed by atoms with Crippen LogP contribution < -0.4 is 26.6 Å². The Kier molecular flexibility index (Phi) is 10.1. The molecule has 2 amide bonds. The number of hydrogen-bond acceptors (Lipinski definition) is 7. The van der Waals surface area contributed by atoms with Gasteiger partial charge in [-0.05, 0) is 68.0 Å². The first-order valence-electron chi connectivity index (χ1n) is 16.1. The van der Waals surface area contributed by atoms with E-state index in [9.17, 15) is 9.90 Å². The number of aliphatic hydroxyl groups excluding tert-OH is 1. The van der Waals surface area contributed by atoms with Crippen LogP contribution in [-0.4, -0.2) is 51.6 Å². The van der Waals surface area contributed by atoms with E-state index in [1.54, 1.807) is 29.3 Å². The number of benzene rings is 2. The maximum absolute atomic E-state index is 13.4. The number of β-amino-alcohol motifs (C(OH)–C–C–N with tert-alkyl or cyclic N) is 1. The monoisotopic (exact) mass is 638 g/mol. The number of nitrogens with zero attached hydrogens (tertiary/aromatic N) is 3. The summed E-state index contributed by atoms with van der Waals surface area (Å²) in [6, 6.07) is 18.3. The fraction of sp³-hybridized carbons (Fsp3) is 0.389. The smallest absolute Gasteiger partial charge is 0.320 e. The summed E-state index contributed by atoms with van der Waals surface area (Å²) in [5, 5.41) is 33.2. The van der Waals surface area contributed by atoms with Crippen LogP contribution in [0.1, 0.15) is 75.3 Å². The van der Waals surface area contributed by atoms with E-state index in [1.165, 1.54) is 4.57 Å². The van der Waals surface area contributed by atoms with Gasteiger partial charge in [0.25, 0.3) is 0 Å². The lowest BCUT2D eigenvalue weighted by Crippen LogP contribution is -2.47. The molecule has 0 radical (unpaired) electrons. The molecule has 5 rings (SSSR count). The van der Waals surface area contributed by atoms with Gasteiger partial charge in [0, 0.05) is 30.3 Å². The third-order valence-corrected chi connectivity index (χ3v) is 8.55. The zero-order valence-corrected chi connectivity index (χ0v) is 27.6. The molecule has 1 saturated heterocycles. The van der Waals surface area contributed by atoms with E-state index in [0.29, 0.717) is 48.9 Å². The minimum atomic E-state index is -0.481. The molecular weight excluding hydrogens is 592 g/mol. The fourth-order valence-electron chi connectivity index (χ4n) is 5.74. The number of pyridine rings is 1. The number of rotatable bonds is 5. The van der Waals surface area contributed by atoms with Crippen LogP contribution in [0.3, 0.4) is 0 Å². The lowest BCUT2D eigenvalue weighted by Gasteiger charge is -2.33. The van der Waals surface area contributed by atoms with Crippen LogP contribution in [0.2, 0.25) is 0 Å². The number of allylic oxidation sites excluding steroid dienone is 1. The Morgan fingerprint density at radius 2 is 1.79 bits per heavy atom. The Balaban J connectivity index is 1.31. The predicted octanol–water partition coefficient (Wildman–Crippen LogP) is 5.39. The van der Waals surface area contributed by atoms with Gasteiger partial charge in [0.05, 0.1) is 24.0 Å². The van der Waals surface area contributed by atoms with Crippen molar-refractivity contribution in [2.24, 2.45) is 16.1 Å². The van der Waals surface area contributed by atoms with Gasteiger partial charge in [-0.1, -0.05) is 62.7 Å². The van der Waals surface area contributed by atoms with Crippen LogP contribution in [0.4, 0.5) is 10.5 Å². The van der Waals surface area contributed by atoms with E-state index in [4.69, 9.17) is 21.3 Å². The van der Waals surface area contributed by atoms with Crippen molar-refractivity contribution in [2.75, 3.05) is 13.1 Å². The van der Waals surface area contributed by atoms with Gasteiger partial charge in [-0.3, -0.25) is 20.7 Å². The first-order valence-corrected chi connectivity index (χ1v) is 16.1. The lowest BCUT2D eigenvalue weighted by molar-refractivity contribution is 0.101. The van der Waals surface area contributed by atoms with Gasteiger partial charge in [-0.25, -0.2) is 9.79 Å². The first kappa shape index (κ1) is 33.5. The van der Waals surface area contributed by atoms with Crippen LogP contribution in [0.5, 0.6) is 5.75 Å². The van der Waals surface area contributed by atoms with Gasteiger partial charge in [0.15, 0.2) is 0 Å². The molecule has 11 heteroatoms. The number of likely N-dealkylation sites (tertiary alicyclic amines) is 1. The summed E-state index contributed by atoms with van der Waals surface area (Å²) in [6.45, 7) is 9.05. The molecule has 2 aromatic carbocycles. The fourth-order valence-corrected chi connectivity index (χ4v) is 5.74. The highest BCUT2D eigenvalue weighted by Gasteiger charge is 2.30. The summed E-state index contributed by atoms with van der Waals surface area (Å²) in [6.07, 6.45) is 5.40. The lowest BCUT2D eigenvalue weighted by atomic mass is 9.85. The normalized spacial score (nSPS) is 20.3. The Labute approximate surface area is 276 Å². The number of carbonyl (C=O) groups is 1. The minimum absolute atomic E-state index is 0.142. The number of piperidine rings is 1. The molecule has 248 valence electrons. The third-order valence-electron chi connectivity index (χ3n) is 8.55. The highest BCUT2D eigenvalue weighted by molar-refractivity contribution is 6.05. The largest absolute Gasteiger partial charge is 0.484 e. The second-order valence-corrected chi connectivity index (χ2v) is 13.3. The number of aromatic nitrogens is 1. The minimum Gasteiger partial charge on any atom is -0.484 e. The molecule has 1 fully saturated rings. The van der Waals surface area contributed by atoms with E-state index in [2.05, 4.69) is 15.6 Å². The Morgan fingerprint density at radius 3 is 2.49 bits per heavy atom. The number of ether oxygens (including phenoxy) is 1. The molecule has 1 aliphatic heterocycles. The Bertz CT molecular complexity index is 1720. The molecular formula is C36H46N8O3. The molecule has 2 aliphatic rings. The highest BCUT2D eigenvalue weighted by atomic mass is 16.5. The van der Waals surface area contributed by atoms with E-state index in [0.717, 1.165) is 29.5 Å². The van der Waals surface area contributed by atoms with Crippen LogP contribution in [0.15, 0.2) is 83.6 Å². The quantitative estimate of drug-likeness (QED) is 0.163. The molecule has 2 heterocycles. The summed E-state index contributed by atoms with van der Waals surface area (Å²) in [7, 11) is 0. The number of nitrogens with two attached hydrogens (primary N) is 1. The summed E-state index contributed by atoms with van der Waals surface area (Å²) in [5.74, 6) is 1.02. The molecule has 1 aliphatic carbocycles. The van der Waals surface area contributed by atoms with Crippen LogP contribution in [0.25, 0.3) is 0 Å². The second-order valence-electron chi connectivity index (χ2n) is 13.3. The number of carbonyl (C=O) groups excluding carboxylic acids is 1. The van der Waals surface area contributed by atoms with E-state index < -0.39 is 6.10 Å². The van der Waals surface area contributed by atoms with Crippen molar-refractivity contribution in [1.29, 1.82) is 10.8 Å². The second kappa shape index (κ2) is 14.3. The Morgan fingerprint density at radius 1 is 1.06 bits per heavy atom. The maximum atomic E-state index is 13.4.